The van der Waals surface area contributed by atoms with Crippen molar-refractivity contribution in [1.29, 1.82) is 0 Å². The fourth-order valence-corrected chi connectivity index (χ4v) is 4.00. The van der Waals surface area contributed by atoms with E-state index in [0.29, 0.717) is 11.3 Å². The molecule has 0 saturated carbocycles. The molecule has 0 radical (unpaired) electrons. The zero-order valence-electron chi connectivity index (χ0n) is 11.3. The number of hydrogen-bond donors (Lipinski definition) is 2. The summed E-state index contributed by atoms with van der Waals surface area (Å²) in [5, 5.41) is 3.12. The van der Waals surface area contributed by atoms with Gasteiger partial charge >= 0.3 is 0 Å². The predicted octanol–water partition coefficient (Wildman–Crippen LogP) is 4.00. The van der Waals surface area contributed by atoms with E-state index in [-0.39, 0.29) is 11.9 Å². The third-order valence-corrected chi connectivity index (χ3v) is 5.31. The third kappa shape index (κ3) is 3.09. The van der Waals surface area contributed by atoms with E-state index in [9.17, 15) is 4.79 Å². The normalized spacial score (nSPS) is 17.1. The van der Waals surface area contributed by atoms with Gasteiger partial charge in [-0.25, -0.2) is 0 Å². The minimum Gasteiger partial charge on any atom is -0.399 e. The smallest absolute Gasteiger partial charge is 0.252 e. The van der Waals surface area contributed by atoms with Gasteiger partial charge < -0.3 is 11.1 Å². The monoisotopic (exact) mass is 362 g/mol. The number of benzene rings is 2. The number of amides is 1. The molecular formula is C16H15BrN2OS. The van der Waals surface area contributed by atoms with Crippen LogP contribution in [0.4, 0.5) is 5.69 Å². The molecule has 2 aromatic carbocycles. The molecule has 108 valence electrons. The zero-order chi connectivity index (χ0) is 14.8. The molecule has 1 amide bonds. The highest BCUT2D eigenvalue weighted by Crippen LogP contribution is 2.36. The second-order valence-electron chi connectivity index (χ2n) is 4.94. The van der Waals surface area contributed by atoms with Gasteiger partial charge in [-0.15, -0.1) is 11.8 Å². The van der Waals surface area contributed by atoms with Crippen molar-refractivity contribution in [2.75, 3.05) is 11.5 Å². The highest BCUT2D eigenvalue weighted by molar-refractivity contribution is 9.10. The van der Waals surface area contributed by atoms with Gasteiger partial charge in [-0.2, -0.15) is 0 Å². The van der Waals surface area contributed by atoms with E-state index in [1.165, 1.54) is 10.5 Å². The number of nitrogens with two attached hydrogens (primary N) is 1. The first kappa shape index (κ1) is 14.5. The largest absolute Gasteiger partial charge is 0.399 e. The van der Waals surface area contributed by atoms with Gasteiger partial charge in [0.2, 0.25) is 0 Å². The van der Waals surface area contributed by atoms with Gasteiger partial charge in [-0.05, 0) is 52.2 Å². The maximum atomic E-state index is 12.5. The van der Waals surface area contributed by atoms with Gasteiger partial charge in [0.25, 0.3) is 5.91 Å². The first-order valence-electron chi connectivity index (χ1n) is 6.73. The van der Waals surface area contributed by atoms with Crippen LogP contribution in [0, 0.1) is 0 Å². The molecule has 21 heavy (non-hydrogen) atoms. The lowest BCUT2D eigenvalue weighted by molar-refractivity contribution is 0.0934. The number of thioether (sulfide) groups is 1. The molecule has 3 N–H and O–H groups in total. The van der Waals surface area contributed by atoms with Crippen LogP contribution in [0.15, 0.2) is 51.8 Å². The molecule has 1 heterocycles. The molecule has 1 unspecified atom stereocenters. The van der Waals surface area contributed by atoms with Crippen LogP contribution in [0.1, 0.15) is 28.4 Å². The molecule has 0 spiro atoms. The van der Waals surface area contributed by atoms with Gasteiger partial charge in [0.15, 0.2) is 0 Å². The number of hydrogen-bond acceptors (Lipinski definition) is 3. The minimum absolute atomic E-state index is 0.0586. The SMILES string of the molecule is Nc1ccc(Br)c(C(=O)NC2CCSc3ccccc32)c1. The summed E-state index contributed by atoms with van der Waals surface area (Å²) in [5.74, 6) is 0.918. The second kappa shape index (κ2) is 6.12. The van der Waals surface area contributed by atoms with Gasteiger partial charge in [0, 0.05) is 20.8 Å². The summed E-state index contributed by atoms with van der Waals surface area (Å²) in [6.07, 6.45) is 0.938. The van der Waals surface area contributed by atoms with Crippen LogP contribution >= 0.6 is 27.7 Å². The summed E-state index contributed by atoms with van der Waals surface area (Å²) >= 11 is 5.25. The van der Waals surface area contributed by atoms with Crippen LogP contribution in [0.3, 0.4) is 0 Å². The number of carbonyl (C=O) groups excluding carboxylic acids is 1. The number of nitrogens with one attached hydrogen (secondary N) is 1. The Morgan fingerprint density at radius 3 is 2.95 bits per heavy atom. The highest BCUT2D eigenvalue weighted by Gasteiger charge is 2.23. The lowest BCUT2D eigenvalue weighted by Crippen LogP contribution is -2.30. The Labute approximate surface area is 136 Å². The summed E-state index contributed by atoms with van der Waals surface area (Å²) in [4.78, 5) is 13.7. The van der Waals surface area contributed by atoms with Crippen molar-refractivity contribution in [2.45, 2.75) is 17.4 Å². The van der Waals surface area contributed by atoms with E-state index in [2.05, 4.69) is 33.4 Å². The van der Waals surface area contributed by atoms with E-state index in [1.807, 2.05) is 23.9 Å². The molecule has 1 aliphatic heterocycles. The molecule has 2 aromatic rings. The maximum absolute atomic E-state index is 12.5. The average Bonchev–Trinajstić information content (AvgIpc) is 2.50. The molecule has 0 saturated heterocycles. The van der Waals surface area contributed by atoms with Gasteiger partial charge in [-0.3, -0.25) is 4.79 Å². The fourth-order valence-electron chi connectivity index (χ4n) is 2.44. The molecule has 0 aliphatic carbocycles. The topological polar surface area (TPSA) is 55.1 Å². The average molecular weight is 363 g/mol. The summed E-state index contributed by atoms with van der Waals surface area (Å²) in [6.45, 7) is 0. The molecule has 5 heteroatoms. The molecule has 0 bridgehead atoms. The van der Waals surface area contributed by atoms with E-state index in [0.717, 1.165) is 16.6 Å². The fraction of sp³-hybridized carbons (Fsp3) is 0.188. The van der Waals surface area contributed by atoms with Crippen molar-refractivity contribution < 1.29 is 4.79 Å². The third-order valence-electron chi connectivity index (χ3n) is 3.50. The molecular weight excluding hydrogens is 348 g/mol. The van der Waals surface area contributed by atoms with E-state index in [4.69, 9.17) is 5.73 Å². The van der Waals surface area contributed by atoms with Crippen molar-refractivity contribution in [3.63, 3.8) is 0 Å². The Kier molecular flexibility index (Phi) is 4.22. The highest BCUT2D eigenvalue weighted by atomic mass is 79.9. The Morgan fingerprint density at radius 2 is 2.10 bits per heavy atom. The lowest BCUT2D eigenvalue weighted by atomic mass is 10.0. The molecule has 3 rings (SSSR count). The summed E-state index contributed by atoms with van der Waals surface area (Å²) in [5.41, 5.74) is 8.13. The number of fused-ring (bicyclic) bond motifs is 1. The van der Waals surface area contributed by atoms with Crippen molar-refractivity contribution in [3.8, 4) is 0 Å². The van der Waals surface area contributed by atoms with E-state index >= 15 is 0 Å². The number of halogens is 1. The quantitative estimate of drug-likeness (QED) is 0.793. The summed E-state index contributed by atoms with van der Waals surface area (Å²) in [7, 11) is 0. The minimum atomic E-state index is -0.0964. The first-order valence-corrected chi connectivity index (χ1v) is 8.50. The van der Waals surface area contributed by atoms with Crippen LogP contribution in [0.25, 0.3) is 0 Å². The molecule has 0 aromatic heterocycles. The van der Waals surface area contributed by atoms with Crippen LogP contribution in [-0.4, -0.2) is 11.7 Å². The van der Waals surface area contributed by atoms with E-state index in [1.54, 1.807) is 18.2 Å². The lowest BCUT2D eigenvalue weighted by Gasteiger charge is -2.26. The maximum Gasteiger partial charge on any atom is 0.252 e. The number of rotatable bonds is 2. The number of anilines is 1. The van der Waals surface area contributed by atoms with Gasteiger partial charge in [0.05, 0.1) is 11.6 Å². The van der Waals surface area contributed by atoms with E-state index < -0.39 is 0 Å². The Hall–Kier alpha value is -1.46. The summed E-state index contributed by atoms with van der Waals surface area (Å²) in [6, 6.07) is 13.6. The van der Waals surface area contributed by atoms with Crippen molar-refractivity contribution in [3.05, 3.63) is 58.1 Å². The number of nitrogen functional groups attached to an aromatic ring is 1. The van der Waals surface area contributed by atoms with Crippen LogP contribution in [0.5, 0.6) is 0 Å². The zero-order valence-corrected chi connectivity index (χ0v) is 13.7. The predicted molar refractivity (Wildman–Crippen MR) is 90.5 cm³/mol. The Morgan fingerprint density at radius 1 is 1.29 bits per heavy atom. The van der Waals surface area contributed by atoms with Gasteiger partial charge in [-0.1, -0.05) is 18.2 Å². The first-order chi connectivity index (χ1) is 10.1. The van der Waals surface area contributed by atoms with Crippen LogP contribution < -0.4 is 11.1 Å². The van der Waals surface area contributed by atoms with Crippen molar-refractivity contribution >= 4 is 39.3 Å². The van der Waals surface area contributed by atoms with Crippen molar-refractivity contribution in [2.24, 2.45) is 0 Å². The Balaban J connectivity index is 1.84. The van der Waals surface area contributed by atoms with Crippen LogP contribution in [0.2, 0.25) is 0 Å². The molecule has 0 fully saturated rings. The summed E-state index contributed by atoms with van der Waals surface area (Å²) < 4.78 is 0.757. The molecule has 3 nitrogen and oxygen atoms in total. The Bertz CT molecular complexity index is 690. The second-order valence-corrected chi connectivity index (χ2v) is 6.93. The number of carbonyl (C=O) groups is 1. The standard InChI is InChI=1S/C16H15BrN2OS/c17-13-6-5-10(18)9-12(13)16(20)19-14-7-8-21-15-4-2-1-3-11(14)15/h1-6,9,14H,7-8,18H2,(H,19,20). The molecule has 1 atom stereocenters. The van der Waals surface area contributed by atoms with Gasteiger partial charge in [0.1, 0.15) is 0 Å². The van der Waals surface area contributed by atoms with Crippen LogP contribution in [-0.2, 0) is 0 Å². The molecule has 1 aliphatic rings. The van der Waals surface area contributed by atoms with Crippen molar-refractivity contribution in [1.82, 2.24) is 5.32 Å².